The zero-order chi connectivity index (χ0) is 14.7. The van der Waals surface area contributed by atoms with E-state index in [-0.39, 0.29) is 11.1 Å². The van der Waals surface area contributed by atoms with Gasteiger partial charge in [0, 0.05) is 0 Å². The molecule has 4 nitrogen and oxygen atoms in total. The lowest BCUT2D eigenvalue weighted by molar-refractivity contribution is 0.214. The van der Waals surface area contributed by atoms with Crippen molar-refractivity contribution in [2.24, 2.45) is 5.73 Å². The van der Waals surface area contributed by atoms with Crippen molar-refractivity contribution in [2.45, 2.75) is 26.9 Å². The number of ether oxygens (including phenoxy) is 1. The normalized spacial score (nSPS) is 11.9. The first kappa shape index (κ1) is 14.4. The fourth-order valence-electron chi connectivity index (χ4n) is 1.92. The lowest BCUT2D eigenvalue weighted by atomic mass is 10.1. The molecule has 1 unspecified atom stereocenters. The molecule has 1 atom stereocenters. The van der Waals surface area contributed by atoms with E-state index >= 15 is 0 Å². The van der Waals surface area contributed by atoms with Gasteiger partial charge in [-0.2, -0.15) is 5.10 Å². The van der Waals surface area contributed by atoms with Crippen LogP contribution in [0.4, 0.5) is 0 Å². The van der Waals surface area contributed by atoms with Gasteiger partial charge in [-0.1, -0.05) is 42.5 Å². The van der Waals surface area contributed by atoms with Gasteiger partial charge in [0.25, 0.3) is 0 Å². The van der Waals surface area contributed by atoms with E-state index in [0.29, 0.717) is 11.4 Å². The molecule has 0 saturated heterocycles. The molecule has 104 valence electrons. The summed E-state index contributed by atoms with van der Waals surface area (Å²) in [5.74, 6) is 0.386. The van der Waals surface area contributed by atoms with Gasteiger partial charge in [-0.15, -0.1) is 5.10 Å². The molecule has 1 heterocycles. The second kappa shape index (κ2) is 5.96. The van der Waals surface area contributed by atoms with Crippen molar-refractivity contribution in [1.82, 2.24) is 10.2 Å². The second-order valence-electron chi connectivity index (χ2n) is 4.63. The van der Waals surface area contributed by atoms with Crippen molar-refractivity contribution in [3.8, 4) is 5.88 Å². The van der Waals surface area contributed by atoms with Crippen LogP contribution in [0.1, 0.15) is 35.4 Å². The SMILES string of the molecule is Cc1nnc(OC(C)c2ccccc2)c(C(N)=S)c1C. The van der Waals surface area contributed by atoms with Crippen LogP contribution in [0.15, 0.2) is 30.3 Å². The van der Waals surface area contributed by atoms with Crippen molar-refractivity contribution < 1.29 is 4.74 Å². The van der Waals surface area contributed by atoms with E-state index in [9.17, 15) is 0 Å². The maximum Gasteiger partial charge on any atom is 0.244 e. The third-order valence-electron chi connectivity index (χ3n) is 3.23. The van der Waals surface area contributed by atoms with Crippen LogP contribution in [-0.4, -0.2) is 15.2 Å². The fraction of sp³-hybridized carbons (Fsp3) is 0.267. The summed E-state index contributed by atoms with van der Waals surface area (Å²) >= 11 is 5.10. The average molecular weight is 287 g/mol. The molecule has 0 fully saturated rings. The highest BCUT2D eigenvalue weighted by molar-refractivity contribution is 7.80. The molecule has 0 aliphatic carbocycles. The monoisotopic (exact) mass is 287 g/mol. The number of nitrogens with zero attached hydrogens (tertiary/aromatic N) is 2. The Morgan fingerprint density at radius 1 is 1.20 bits per heavy atom. The van der Waals surface area contributed by atoms with Gasteiger partial charge in [-0.3, -0.25) is 0 Å². The van der Waals surface area contributed by atoms with E-state index in [0.717, 1.165) is 16.8 Å². The highest BCUT2D eigenvalue weighted by atomic mass is 32.1. The summed E-state index contributed by atoms with van der Waals surface area (Å²) < 4.78 is 5.89. The number of hydrogen-bond donors (Lipinski definition) is 1. The molecule has 0 aliphatic rings. The smallest absolute Gasteiger partial charge is 0.244 e. The number of nitrogens with two attached hydrogens (primary N) is 1. The van der Waals surface area contributed by atoms with Gasteiger partial charge in [-0.25, -0.2) is 0 Å². The van der Waals surface area contributed by atoms with E-state index in [1.807, 2.05) is 51.1 Å². The molecule has 0 aliphatic heterocycles. The van der Waals surface area contributed by atoms with Crippen LogP contribution >= 0.6 is 12.2 Å². The Balaban J connectivity index is 2.35. The quantitative estimate of drug-likeness (QED) is 0.876. The lowest BCUT2D eigenvalue weighted by Gasteiger charge is -2.17. The second-order valence-corrected chi connectivity index (χ2v) is 5.07. The summed E-state index contributed by atoms with van der Waals surface area (Å²) in [7, 11) is 0. The highest BCUT2D eigenvalue weighted by Crippen LogP contribution is 2.25. The molecule has 1 aromatic carbocycles. The number of thiocarbonyl (C=S) groups is 1. The third-order valence-corrected chi connectivity index (χ3v) is 3.43. The Morgan fingerprint density at radius 2 is 1.85 bits per heavy atom. The molecule has 0 spiro atoms. The van der Waals surface area contributed by atoms with Crippen LogP contribution in [0.25, 0.3) is 0 Å². The van der Waals surface area contributed by atoms with Crippen LogP contribution in [-0.2, 0) is 0 Å². The summed E-state index contributed by atoms with van der Waals surface area (Å²) in [5.41, 5.74) is 9.21. The number of benzene rings is 1. The van der Waals surface area contributed by atoms with Crippen molar-refractivity contribution in [1.29, 1.82) is 0 Å². The largest absolute Gasteiger partial charge is 0.468 e. The number of aromatic nitrogens is 2. The molecule has 0 radical (unpaired) electrons. The van der Waals surface area contributed by atoms with Crippen molar-refractivity contribution in [3.05, 3.63) is 52.7 Å². The third kappa shape index (κ3) is 2.93. The van der Waals surface area contributed by atoms with E-state index < -0.39 is 0 Å². The molecule has 20 heavy (non-hydrogen) atoms. The zero-order valence-electron chi connectivity index (χ0n) is 11.8. The van der Waals surface area contributed by atoms with Crippen LogP contribution in [0.3, 0.4) is 0 Å². The first-order valence-corrected chi connectivity index (χ1v) is 6.76. The topological polar surface area (TPSA) is 61.0 Å². The minimum Gasteiger partial charge on any atom is -0.468 e. The predicted octanol–water partition coefficient (Wildman–Crippen LogP) is 2.87. The van der Waals surface area contributed by atoms with Crippen molar-refractivity contribution in [2.75, 3.05) is 0 Å². The molecule has 1 aromatic heterocycles. The Morgan fingerprint density at radius 3 is 2.45 bits per heavy atom. The minimum absolute atomic E-state index is 0.152. The molecular formula is C15H17N3OS. The van der Waals surface area contributed by atoms with Gasteiger partial charge >= 0.3 is 0 Å². The summed E-state index contributed by atoms with van der Waals surface area (Å²) in [5, 5.41) is 8.16. The number of hydrogen-bond acceptors (Lipinski definition) is 4. The summed E-state index contributed by atoms with van der Waals surface area (Å²) in [4.78, 5) is 0.274. The average Bonchev–Trinajstić information content (AvgIpc) is 2.43. The number of rotatable bonds is 4. The minimum atomic E-state index is -0.152. The van der Waals surface area contributed by atoms with E-state index in [1.165, 1.54) is 0 Å². The van der Waals surface area contributed by atoms with Crippen molar-refractivity contribution in [3.63, 3.8) is 0 Å². The Hall–Kier alpha value is -2.01. The molecule has 2 N–H and O–H groups in total. The summed E-state index contributed by atoms with van der Waals surface area (Å²) in [6.45, 7) is 5.74. The molecular weight excluding hydrogens is 270 g/mol. The molecule has 0 saturated carbocycles. The van der Waals surface area contributed by atoms with Crippen LogP contribution in [0.2, 0.25) is 0 Å². The molecule has 0 bridgehead atoms. The fourth-order valence-corrected chi connectivity index (χ4v) is 2.16. The van der Waals surface area contributed by atoms with Crippen LogP contribution < -0.4 is 10.5 Å². The van der Waals surface area contributed by atoms with Crippen LogP contribution in [0.5, 0.6) is 5.88 Å². The standard InChI is InChI=1S/C15H17N3OS/c1-9-10(2)17-18-15(13(9)14(16)20)19-11(3)12-7-5-4-6-8-12/h4-8,11H,1-3H3,(H2,16,20). The van der Waals surface area contributed by atoms with Gasteiger partial charge in [0.15, 0.2) is 0 Å². The van der Waals surface area contributed by atoms with E-state index in [1.54, 1.807) is 0 Å². The van der Waals surface area contributed by atoms with Gasteiger partial charge in [-0.05, 0) is 31.9 Å². The lowest BCUT2D eigenvalue weighted by Crippen LogP contribution is -2.17. The molecule has 5 heteroatoms. The maximum atomic E-state index is 5.89. The van der Waals surface area contributed by atoms with Crippen molar-refractivity contribution >= 4 is 17.2 Å². The van der Waals surface area contributed by atoms with Crippen LogP contribution in [0, 0.1) is 13.8 Å². The predicted molar refractivity (Wildman–Crippen MR) is 82.9 cm³/mol. The number of aryl methyl sites for hydroxylation is 1. The Labute approximate surface area is 124 Å². The van der Waals surface area contributed by atoms with Gasteiger partial charge in [0.05, 0.1) is 11.3 Å². The Bertz CT molecular complexity index is 629. The first-order chi connectivity index (χ1) is 9.50. The van der Waals surface area contributed by atoms with Gasteiger partial charge in [0.2, 0.25) is 5.88 Å². The van der Waals surface area contributed by atoms with E-state index in [4.69, 9.17) is 22.7 Å². The summed E-state index contributed by atoms with van der Waals surface area (Å²) in [6.07, 6.45) is -0.152. The van der Waals surface area contributed by atoms with Gasteiger partial charge < -0.3 is 10.5 Å². The van der Waals surface area contributed by atoms with Gasteiger partial charge in [0.1, 0.15) is 11.1 Å². The molecule has 2 rings (SSSR count). The zero-order valence-corrected chi connectivity index (χ0v) is 12.6. The Kier molecular flexibility index (Phi) is 4.29. The maximum absolute atomic E-state index is 5.89. The van der Waals surface area contributed by atoms with E-state index in [2.05, 4.69) is 10.2 Å². The molecule has 2 aromatic rings. The first-order valence-electron chi connectivity index (χ1n) is 6.36. The molecule has 0 amide bonds. The highest BCUT2D eigenvalue weighted by Gasteiger charge is 2.17. The summed E-state index contributed by atoms with van der Waals surface area (Å²) in [6, 6.07) is 9.90.